The van der Waals surface area contributed by atoms with E-state index in [-0.39, 0.29) is 0 Å². The number of hydrazone groups is 1. The second kappa shape index (κ2) is 5.08. The lowest BCUT2D eigenvalue weighted by Crippen LogP contribution is -2.39. The van der Waals surface area contributed by atoms with E-state index in [0.29, 0.717) is 6.42 Å². The topological polar surface area (TPSA) is 32.7 Å². The maximum Gasteiger partial charge on any atom is 0.168 e. The molecule has 0 radical (unpaired) electrons. The average Bonchev–Trinajstić information content (AvgIpc) is 1.96. The molecule has 0 saturated carbocycles. The Morgan fingerprint density at radius 1 is 1.33 bits per heavy atom. The van der Waals surface area contributed by atoms with Gasteiger partial charge in [0, 0.05) is 19.7 Å². The van der Waals surface area contributed by atoms with E-state index < -0.39 is 8.24 Å². The van der Waals surface area contributed by atoms with Crippen LogP contribution in [-0.2, 0) is 4.79 Å². The van der Waals surface area contributed by atoms with Crippen LogP contribution in [0.1, 0.15) is 12.8 Å². The van der Waals surface area contributed by atoms with Crippen molar-refractivity contribution < 1.29 is 4.79 Å². The molecular weight excluding hydrogens is 168 g/mol. The molecule has 0 unspecified atom stereocenters. The molecule has 0 spiro atoms. The largest absolute Gasteiger partial charge is 0.328 e. The Labute approximate surface area is 75.5 Å². The van der Waals surface area contributed by atoms with Crippen LogP contribution in [0.4, 0.5) is 0 Å². The van der Waals surface area contributed by atoms with Crippen LogP contribution in [0.25, 0.3) is 0 Å². The molecule has 0 amide bonds. The molecule has 0 aromatic carbocycles. The van der Waals surface area contributed by atoms with Crippen molar-refractivity contribution in [2.45, 2.75) is 32.5 Å². The van der Waals surface area contributed by atoms with Gasteiger partial charge in [0.25, 0.3) is 0 Å². The van der Waals surface area contributed by atoms with Crippen molar-refractivity contribution in [1.29, 1.82) is 0 Å². The standard InChI is InChI=1S/C8H18N2OSi/c1-10(12(2,3)4)9-7-5-6-8-11/h7-8H,5-6H2,1-4H3/b9-7+. The minimum Gasteiger partial charge on any atom is -0.328 e. The van der Waals surface area contributed by atoms with Gasteiger partial charge in [0.2, 0.25) is 0 Å². The van der Waals surface area contributed by atoms with Gasteiger partial charge >= 0.3 is 0 Å². The van der Waals surface area contributed by atoms with E-state index in [9.17, 15) is 4.79 Å². The third-order valence-corrected chi connectivity index (χ3v) is 3.70. The van der Waals surface area contributed by atoms with Crippen molar-refractivity contribution in [3.8, 4) is 0 Å². The molecule has 0 aliphatic heterocycles. The maximum atomic E-state index is 9.98. The minimum atomic E-state index is -1.27. The lowest BCUT2D eigenvalue weighted by atomic mass is 10.4. The van der Waals surface area contributed by atoms with Crippen LogP contribution in [0.15, 0.2) is 5.10 Å². The lowest BCUT2D eigenvalue weighted by molar-refractivity contribution is -0.107. The summed E-state index contributed by atoms with van der Waals surface area (Å²) in [6, 6.07) is 0. The number of hydrogen-bond donors (Lipinski definition) is 0. The van der Waals surface area contributed by atoms with Crippen LogP contribution in [0, 0.1) is 0 Å². The smallest absolute Gasteiger partial charge is 0.168 e. The number of nitrogens with zero attached hydrogens (tertiary/aromatic N) is 2. The van der Waals surface area contributed by atoms with Crippen molar-refractivity contribution in [3.05, 3.63) is 0 Å². The third-order valence-electron chi connectivity index (χ3n) is 1.64. The van der Waals surface area contributed by atoms with Gasteiger partial charge in [0.15, 0.2) is 8.24 Å². The predicted octanol–water partition coefficient (Wildman–Crippen LogP) is 1.72. The third kappa shape index (κ3) is 5.07. The van der Waals surface area contributed by atoms with Gasteiger partial charge < -0.3 is 9.47 Å². The molecule has 0 atom stereocenters. The Balaban J connectivity index is 3.75. The summed E-state index contributed by atoms with van der Waals surface area (Å²) in [6.45, 7) is 6.68. The zero-order valence-electron chi connectivity index (χ0n) is 8.37. The van der Waals surface area contributed by atoms with E-state index in [1.54, 1.807) is 0 Å². The summed E-state index contributed by atoms with van der Waals surface area (Å²) in [5.41, 5.74) is 0. The molecule has 0 saturated heterocycles. The number of carbonyl (C=O) groups is 1. The molecule has 0 aromatic heterocycles. The first kappa shape index (κ1) is 11.4. The molecule has 12 heavy (non-hydrogen) atoms. The van der Waals surface area contributed by atoms with Crippen LogP contribution in [0.2, 0.25) is 19.6 Å². The molecular formula is C8H18N2OSi. The van der Waals surface area contributed by atoms with Gasteiger partial charge in [-0.3, -0.25) is 0 Å². The van der Waals surface area contributed by atoms with E-state index in [1.807, 2.05) is 17.9 Å². The highest BCUT2D eigenvalue weighted by Crippen LogP contribution is 2.05. The first-order valence-electron chi connectivity index (χ1n) is 4.18. The maximum absolute atomic E-state index is 9.98. The number of rotatable bonds is 5. The van der Waals surface area contributed by atoms with Crippen molar-refractivity contribution >= 4 is 20.7 Å². The Morgan fingerprint density at radius 2 is 1.92 bits per heavy atom. The van der Waals surface area contributed by atoms with Crippen LogP contribution >= 0.6 is 0 Å². The van der Waals surface area contributed by atoms with Gasteiger partial charge in [0.05, 0.1) is 0 Å². The average molecular weight is 186 g/mol. The summed E-state index contributed by atoms with van der Waals surface area (Å²) < 4.78 is 2.03. The quantitative estimate of drug-likeness (QED) is 0.215. The Morgan fingerprint density at radius 3 is 2.33 bits per heavy atom. The van der Waals surface area contributed by atoms with Crippen molar-refractivity contribution in [3.63, 3.8) is 0 Å². The zero-order valence-corrected chi connectivity index (χ0v) is 9.37. The second-order valence-electron chi connectivity index (χ2n) is 3.74. The fourth-order valence-corrected chi connectivity index (χ4v) is 0.924. The molecule has 0 aliphatic rings. The fourth-order valence-electron chi connectivity index (χ4n) is 0.496. The molecule has 0 aromatic rings. The van der Waals surface area contributed by atoms with Gasteiger partial charge in [0.1, 0.15) is 6.29 Å². The fraction of sp³-hybridized carbons (Fsp3) is 0.750. The molecule has 0 heterocycles. The summed E-state index contributed by atoms with van der Waals surface area (Å²) in [4.78, 5) is 9.98. The number of carbonyl (C=O) groups excluding carboxylic acids is 1. The second-order valence-corrected chi connectivity index (χ2v) is 8.73. The first-order valence-corrected chi connectivity index (χ1v) is 7.63. The van der Waals surface area contributed by atoms with Crippen LogP contribution in [-0.4, -0.2) is 32.5 Å². The van der Waals surface area contributed by atoms with Crippen LogP contribution < -0.4 is 0 Å². The van der Waals surface area contributed by atoms with Gasteiger partial charge in [-0.1, -0.05) is 19.6 Å². The number of aldehydes is 1. The molecule has 0 N–H and O–H groups in total. The van der Waals surface area contributed by atoms with Gasteiger partial charge in [-0.2, -0.15) is 5.10 Å². The molecule has 0 bridgehead atoms. The van der Waals surface area contributed by atoms with Crippen LogP contribution in [0.3, 0.4) is 0 Å². The van der Waals surface area contributed by atoms with Crippen molar-refractivity contribution in [2.75, 3.05) is 7.05 Å². The Kier molecular flexibility index (Phi) is 4.81. The molecule has 0 aliphatic carbocycles. The van der Waals surface area contributed by atoms with Crippen molar-refractivity contribution in [1.82, 2.24) is 4.67 Å². The highest BCUT2D eigenvalue weighted by Gasteiger charge is 2.17. The number of hydrogen-bond acceptors (Lipinski definition) is 3. The lowest BCUT2D eigenvalue weighted by Gasteiger charge is -2.26. The van der Waals surface area contributed by atoms with Crippen molar-refractivity contribution in [2.24, 2.45) is 5.10 Å². The summed E-state index contributed by atoms with van der Waals surface area (Å²) in [5.74, 6) is 0. The molecule has 0 rings (SSSR count). The summed E-state index contributed by atoms with van der Waals surface area (Å²) in [6.07, 6.45) is 4.05. The zero-order chi connectivity index (χ0) is 9.61. The summed E-state index contributed by atoms with van der Waals surface area (Å²) >= 11 is 0. The summed E-state index contributed by atoms with van der Waals surface area (Å²) in [5, 5.41) is 4.24. The molecule has 4 heteroatoms. The van der Waals surface area contributed by atoms with Gasteiger partial charge in [-0.25, -0.2) is 0 Å². The monoisotopic (exact) mass is 186 g/mol. The molecule has 0 fully saturated rings. The first-order chi connectivity index (χ1) is 5.48. The Bertz CT molecular complexity index is 163. The van der Waals surface area contributed by atoms with Gasteiger partial charge in [-0.05, 0) is 6.42 Å². The number of unbranched alkanes of at least 4 members (excludes halogenated alkanes) is 1. The van der Waals surface area contributed by atoms with Crippen LogP contribution in [0.5, 0.6) is 0 Å². The predicted molar refractivity (Wildman–Crippen MR) is 54.9 cm³/mol. The summed E-state index contributed by atoms with van der Waals surface area (Å²) in [7, 11) is 0.716. The van der Waals surface area contributed by atoms with E-state index in [2.05, 4.69) is 24.7 Å². The normalized spacial score (nSPS) is 12.0. The van der Waals surface area contributed by atoms with E-state index in [0.717, 1.165) is 12.7 Å². The van der Waals surface area contributed by atoms with E-state index in [1.165, 1.54) is 0 Å². The highest BCUT2D eigenvalue weighted by molar-refractivity contribution is 6.73. The molecule has 70 valence electrons. The van der Waals surface area contributed by atoms with E-state index in [4.69, 9.17) is 0 Å². The SMILES string of the molecule is CN(/N=C/CCC=O)[Si](C)(C)C. The minimum absolute atomic E-state index is 0.572. The highest BCUT2D eigenvalue weighted by atomic mass is 28.3. The van der Waals surface area contributed by atoms with Gasteiger partial charge in [-0.15, -0.1) is 0 Å². The Hall–Kier alpha value is -0.643. The van der Waals surface area contributed by atoms with E-state index >= 15 is 0 Å². The molecule has 3 nitrogen and oxygen atoms in total.